The minimum Gasteiger partial charge on any atom is -0.390 e. The molecule has 0 amide bonds. The largest absolute Gasteiger partial charge is 0.390 e. The molecule has 0 heterocycles. The highest BCUT2D eigenvalue weighted by Gasteiger charge is 2.38. The highest BCUT2D eigenvalue weighted by molar-refractivity contribution is 4.92. The lowest BCUT2D eigenvalue weighted by Crippen LogP contribution is -2.09. The van der Waals surface area contributed by atoms with Crippen molar-refractivity contribution in [1.82, 2.24) is 0 Å². The molecule has 0 aliphatic heterocycles. The van der Waals surface area contributed by atoms with E-state index >= 15 is 0 Å². The highest BCUT2D eigenvalue weighted by Crippen LogP contribution is 2.38. The zero-order chi connectivity index (χ0) is 6.04. The van der Waals surface area contributed by atoms with Crippen LogP contribution in [0, 0.1) is 0 Å². The van der Waals surface area contributed by atoms with Crippen molar-refractivity contribution in [2.75, 3.05) is 6.54 Å². The highest BCUT2D eigenvalue weighted by atomic mass is 16.3. The van der Waals surface area contributed by atoms with Crippen molar-refractivity contribution >= 4 is 0 Å². The standard InChI is InChI=1S/C6H13NO/c7-5-1-2-6(8)3-4-6/h8H,1-5,7H2. The molecule has 0 aromatic heterocycles. The number of aliphatic hydroxyl groups is 1. The summed E-state index contributed by atoms with van der Waals surface area (Å²) in [5.74, 6) is 0. The van der Waals surface area contributed by atoms with Gasteiger partial charge in [0.25, 0.3) is 0 Å². The SMILES string of the molecule is NCCCC1(O)CC1. The van der Waals surface area contributed by atoms with Crippen molar-refractivity contribution in [3.8, 4) is 0 Å². The van der Waals surface area contributed by atoms with E-state index in [0.29, 0.717) is 6.54 Å². The maximum absolute atomic E-state index is 9.20. The van der Waals surface area contributed by atoms with E-state index in [-0.39, 0.29) is 5.60 Å². The first-order chi connectivity index (χ1) is 3.77. The van der Waals surface area contributed by atoms with E-state index in [1.165, 1.54) is 0 Å². The summed E-state index contributed by atoms with van der Waals surface area (Å²) < 4.78 is 0. The summed E-state index contributed by atoms with van der Waals surface area (Å²) in [5.41, 5.74) is 4.97. The molecule has 1 saturated carbocycles. The molecule has 1 aliphatic rings. The van der Waals surface area contributed by atoms with Crippen LogP contribution in [-0.2, 0) is 0 Å². The smallest absolute Gasteiger partial charge is 0.0650 e. The first kappa shape index (κ1) is 6.05. The van der Waals surface area contributed by atoms with Gasteiger partial charge in [-0.15, -0.1) is 0 Å². The first-order valence-corrected chi connectivity index (χ1v) is 3.19. The van der Waals surface area contributed by atoms with Crippen LogP contribution in [0.15, 0.2) is 0 Å². The second kappa shape index (κ2) is 2.03. The fourth-order valence-electron chi connectivity index (χ4n) is 0.825. The van der Waals surface area contributed by atoms with Crippen LogP contribution >= 0.6 is 0 Å². The fraction of sp³-hybridized carbons (Fsp3) is 1.00. The van der Waals surface area contributed by atoms with Gasteiger partial charge in [-0.2, -0.15) is 0 Å². The maximum Gasteiger partial charge on any atom is 0.0650 e. The Labute approximate surface area is 49.7 Å². The van der Waals surface area contributed by atoms with Gasteiger partial charge in [0.1, 0.15) is 0 Å². The van der Waals surface area contributed by atoms with Gasteiger partial charge in [-0.3, -0.25) is 0 Å². The van der Waals surface area contributed by atoms with E-state index in [0.717, 1.165) is 25.7 Å². The maximum atomic E-state index is 9.20. The summed E-state index contributed by atoms with van der Waals surface area (Å²) in [6, 6.07) is 0. The van der Waals surface area contributed by atoms with Crippen molar-refractivity contribution in [2.24, 2.45) is 5.73 Å². The Morgan fingerprint density at radius 3 is 2.50 bits per heavy atom. The van der Waals surface area contributed by atoms with Crippen molar-refractivity contribution in [1.29, 1.82) is 0 Å². The molecular weight excluding hydrogens is 102 g/mol. The first-order valence-electron chi connectivity index (χ1n) is 3.19. The molecule has 0 spiro atoms. The van der Waals surface area contributed by atoms with E-state index in [1.807, 2.05) is 0 Å². The van der Waals surface area contributed by atoms with Crippen molar-refractivity contribution in [3.63, 3.8) is 0 Å². The van der Waals surface area contributed by atoms with Crippen LogP contribution in [0.25, 0.3) is 0 Å². The monoisotopic (exact) mass is 115 g/mol. The molecule has 48 valence electrons. The Bertz CT molecular complexity index is 78.6. The van der Waals surface area contributed by atoms with Gasteiger partial charge in [-0.05, 0) is 32.2 Å². The van der Waals surface area contributed by atoms with Gasteiger partial charge in [0.05, 0.1) is 5.60 Å². The molecule has 8 heavy (non-hydrogen) atoms. The molecule has 1 rings (SSSR count). The third-order valence-corrected chi connectivity index (χ3v) is 1.67. The van der Waals surface area contributed by atoms with Crippen LogP contribution < -0.4 is 5.73 Å². The van der Waals surface area contributed by atoms with Gasteiger partial charge in [0.2, 0.25) is 0 Å². The van der Waals surface area contributed by atoms with Gasteiger partial charge in [-0.25, -0.2) is 0 Å². The molecule has 3 N–H and O–H groups in total. The van der Waals surface area contributed by atoms with Crippen LogP contribution in [0.4, 0.5) is 0 Å². The summed E-state index contributed by atoms with van der Waals surface area (Å²) in [6.45, 7) is 0.711. The number of nitrogens with two attached hydrogens (primary N) is 1. The topological polar surface area (TPSA) is 46.2 Å². The molecule has 0 radical (unpaired) electrons. The lowest BCUT2D eigenvalue weighted by molar-refractivity contribution is 0.138. The van der Waals surface area contributed by atoms with Gasteiger partial charge in [0, 0.05) is 0 Å². The van der Waals surface area contributed by atoms with Crippen molar-refractivity contribution < 1.29 is 5.11 Å². The minimum atomic E-state index is -0.278. The molecule has 2 nitrogen and oxygen atoms in total. The zero-order valence-corrected chi connectivity index (χ0v) is 5.06. The van der Waals surface area contributed by atoms with E-state index in [2.05, 4.69) is 0 Å². The van der Waals surface area contributed by atoms with Gasteiger partial charge in [-0.1, -0.05) is 0 Å². The molecule has 0 saturated heterocycles. The Balaban J connectivity index is 2.01. The van der Waals surface area contributed by atoms with E-state index < -0.39 is 0 Å². The second-order valence-electron chi connectivity index (χ2n) is 2.62. The third-order valence-electron chi connectivity index (χ3n) is 1.67. The van der Waals surface area contributed by atoms with Gasteiger partial charge in [0.15, 0.2) is 0 Å². The minimum absolute atomic E-state index is 0.278. The third kappa shape index (κ3) is 1.46. The fourth-order valence-corrected chi connectivity index (χ4v) is 0.825. The lowest BCUT2D eigenvalue weighted by atomic mass is 10.2. The van der Waals surface area contributed by atoms with Crippen LogP contribution in [0.2, 0.25) is 0 Å². The molecule has 0 aromatic rings. The van der Waals surface area contributed by atoms with E-state index in [1.54, 1.807) is 0 Å². The number of hydrogen-bond donors (Lipinski definition) is 2. The predicted octanol–water partition coefficient (Wildman–Crippen LogP) is 0.250. The Morgan fingerprint density at radius 2 is 2.12 bits per heavy atom. The molecule has 0 atom stereocenters. The summed E-state index contributed by atoms with van der Waals surface area (Å²) >= 11 is 0. The van der Waals surface area contributed by atoms with E-state index in [9.17, 15) is 5.11 Å². The van der Waals surface area contributed by atoms with Crippen LogP contribution in [0.3, 0.4) is 0 Å². The predicted molar refractivity (Wildman–Crippen MR) is 32.5 cm³/mol. The number of hydrogen-bond acceptors (Lipinski definition) is 2. The molecule has 0 bridgehead atoms. The average Bonchev–Trinajstić information content (AvgIpc) is 2.45. The summed E-state index contributed by atoms with van der Waals surface area (Å²) in [7, 11) is 0. The Kier molecular flexibility index (Phi) is 1.54. The Hall–Kier alpha value is -0.0800. The molecule has 0 unspecified atom stereocenters. The van der Waals surface area contributed by atoms with Gasteiger partial charge < -0.3 is 10.8 Å². The van der Waals surface area contributed by atoms with Crippen LogP contribution in [-0.4, -0.2) is 17.3 Å². The zero-order valence-electron chi connectivity index (χ0n) is 5.06. The van der Waals surface area contributed by atoms with Gasteiger partial charge >= 0.3 is 0 Å². The molecular formula is C6H13NO. The quantitative estimate of drug-likeness (QED) is 0.554. The molecule has 1 fully saturated rings. The summed E-state index contributed by atoms with van der Waals surface area (Å²) in [4.78, 5) is 0. The van der Waals surface area contributed by atoms with Crippen molar-refractivity contribution in [2.45, 2.75) is 31.3 Å². The second-order valence-corrected chi connectivity index (χ2v) is 2.62. The van der Waals surface area contributed by atoms with Crippen LogP contribution in [0.1, 0.15) is 25.7 Å². The van der Waals surface area contributed by atoms with Crippen molar-refractivity contribution in [3.05, 3.63) is 0 Å². The molecule has 2 heteroatoms. The number of rotatable bonds is 3. The van der Waals surface area contributed by atoms with Crippen LogP contribution in [0.5, 0.6) is 0 Å². The molecule has 1 aliphatic carbocycles. The Morgan fingerprint density at radius 1 is 1.50 bits per heavy atom. The summed E-state index contributed by atoms with van der Waals surface area (Å²) in [5, 5.41) is 9.20. The van der Waals surface area contributed by atoms with E-state index in [4.69, 9.17) is 5.73 Å². The lowest BCUT2D eigenvalue weighted by Gasteiger charge is -2.03. The molecule has 0 aromatic carbocycles. The normalized spacial score (nSPS) is 23.2. The summed E-state index contributed by atoms with van der Waals surface area (Å²) in [6.07, 6.45) is 3.86. The average molecular weight is 115 g/mol.